The second kappa shape index (κ2) is 4.64. The molecule has 4 heteroatoms. The molecule has 1 unspecified atom stereocenters. The zero-order valence-corrected chi connectivity index (χ0v) is 9.54. The fourth-order valence-electron chi connectivity index (χ4n) is 1.21. The number of nitrogens with two attached hydrogens (primary N) is 1. The summed E-state index contributed by atoms with van der Waals surface area (Å²) in [6, 6.07) is 6.90. The van der Waals surface area contributed by atoms with Crippen LogP contribution in [0.15, 0.2) is 24.3 Å². The van der Waals surface area contributed by atoms with Crippen molar-refractivity contribution in [3.8, 4) is 0 Å². The van der Waals surface area contributed by atoms with Gasteiger partial charge in [0.15, 0.2) is 0 Å². The molecule has 1 atom stereocenters. The smallest absolute Gasteiger partial charge is 0.330 e. The van der Waals surface area contributed by atoms with Crippen LogP contribution in [0.25, 0.3) is 0 Å². The molecule has 82 valence electrons. The van der Waals surface area contributed by atoms with E-state index >= 15 is 0 Å². The number of hydrogen-bond donors (Lipinski definition) is 1. The Bertz CT molecular complexity index is 363. The fraction of sp³-hybridized carbons (Fsp3) is 0.364. The summed E-state index contributed by atoms with van der Waals surface area (Å²) < 4.78 is 4.89. The number of ether oxygens (including phenoxy) is 1. The van der Waals surface area contributed by atoms with Crippen molar-refractivity contribution in [2.75, 3.05) is 6.61 Å². The van der Waals surface area contributed by atoms with Crippen molar-refractivity contribution in [2.45, 2.75) is 19.4 Å². The van der Waals surface area contributed by atoms with Crippen LogP contribution in [0, 0.1) is 0 Å². The van der Waals surface area contributed by atoms with Crippen molar-refractivity contribution in [3.63, 3.8) is 0 Å². The van der Waals surface area contributed by atoms with E-state index < -0.39 is 11.5 Å². The van der Waals surface area contributed by atoms with E-state index in [1.54, 1.807) is 38.1 Å². The number of carbonyl (C=O) groups excluding carboxylic acids is 1. The number of carbonyl (C=O) groups is 1. The van der Waals surface area contributed by atoms with Crippen LogP contribution in [-0.2, 0) is 15.1 Å². The number of hydrogen-bond acceptors (Lipinski definition) is 3. The number of rotatable bonds is 3. The van der Waals surface area contributed by atoms with Gasteiger partial charge in [-0.05, 0) is 31.5 Å². The highest BCUT2D eigenvalue weighted by Gasteiger charge is 2.32. The topological polar surface area (TPSA) is 52.3 Å². The minimum Gasteiger partial charge on any atom is -0.464 e. The molecule has 15 heavy (non-hydrogen) atoms. The molecule has 0 aromatic heterocycles. The first-order valence-electron chi connectivity index (χ1n) is 4.70. The first-order chi connectivity index (χ1) is 6.98. The summed E-state index contributed by atoms with van der Waals surface area (Å²) in [7, 11) is 0. The van der Waals surface area contributed by atoms with Gasteiger partial charge in [-0.2, -0.15) is 0 Å². The molecule has 0 radical (unpaired) electrons. The Kier molecular flexibility index (Phi) is 3.72. The monoisotopic (exact) mass is 227 g/mol. The van der Waals surface area contributed by atoms with E-state index in [4.69, 9.17) is 22.1 Å². The molecule has 2 N–H and O–H groups in total. The Balaban J connectivity index is 2.99. The average Bonchev–Trinajstić information content (AvgIpc) is 2.18. The molecule has 1 rings (SSSR count). The molecule has 0 fully saturated rings. The maximum atomic E-state index is 11.6. The minimum atomic E-state index is -1.15. The van der Waals surface area contributed by atoms with Crippen molar-refractivity contribution in [2.24, 2.45) is 5.73 Å². The maximum absolute atomic E-state index is 11.6. The summed E-state index contributed by atoms with van der Waals surface area (Å²) in [6.07, 6.45) is 0. The number of esters is 1. The Morgan fingerprint density at radius 3 is 2.80 bits per heavy atom. The molecule has 0 aliphatic carbocycles. The summed E-state index contributed by atoms with van der Waals surface area (Å²) in [6.45, 7) is 3.66. The van der Waals surface area contributed by atoms with Crippen LogP contribution in [0.2, 0.25) is 5.02 Å². The summed E-state index contributed by atoms with van der Waals surface area (Å²) in [4.78, 5) is 11.6. The minimum absolute atomic E-state index is 0.312. The van der Waals surface area contributed by atoms with Crippen LogP contribution >= 0.6 is 11.6 Å². The third kappa shape index (κ3) is 2.70. The lowest BCUT2D eigenvalue weighted by Gasteiger charge is -2.22. The molecular weight excluding hydrogens is 214 g/mol. The van der Waals surface area contributed by atoms with Crippen molar-refractivity contribution in [1.82, 2.24) is 0 Å². The Morgan fingerprint density at radius 2 is 2.27 bits per heavy atom. The second-order valence-electron chi connectivity index (χ2n) is 3.43. The van der Waals surface area contributed by atoms with Crippen LogP contribution in [0.4, 0.5) is 0 Å². The molecule has 0 saturated heterocycles. The summed E-state index contributed by atoms with van der Waals surface area (Å²) >= 11 is 5.82. The van der Waals surface area contributed by atoms with Crippen LogP contribution in [0.5, 0.6) is 0 Å². The van der Waals surface area contributed by atoms with Gasteiger partial charge in [-0.15, -0.1) is 0 Å². The van der Waals surface area contributed by atoms with Crippen molar-refractivity contribution >= 4 is 17.6 Å². The predicted molar refractivity (Wildman–Crippen MR) is 59.6 cm³/mol. The van der Waals surface area contributed by atoms with Gasteiger partial charge < -0.3 is 10.5 Å². The van der Waals surface area contributed by atoms with Gasteiger partial charge in [0.05, 0.1) is 6.61 Å². The lowest BCUT2D eigenvalue weighted by molar-refractivity contribution is -0.149. The van der Waals surface area contributed by atoms with Gasteiger partial charge >= 0.3 is 5.97 Å². The van der Waals surface area contributed by atoms with Crippen LogP contribution in [0.1, 0.15) is 19.4 Å². The Morgan fingerprint density at radius 1 is 1.60 bits per heavy atom. The molecule has 0 aliphatic rings. The molecule has 1 aromatic rings. The van der Waals surface area contributed by atoms with Crippen LogP contribution < -0.4 is 5.73 Å². The number of halogens is 1. The lowest BCUT2D eigenvalue weighted by Crippen LogP contribution is -2.43. The molecule has 0 aliphatic heterocycles. The van der Waals surface area contributed by atoms with E-state index in [0.717, 1.165) is 0 Å². The molecule has 0 saturated carbocycles. The second-order valence-corrected chi connectivity index (χ2v) is 3.87. The Hall–Kier alpha value is -1.06. The van der Waals surface area contributed by atoms with E-state index in [-0.39, 0.29) is 0 Å². The largest absolute Gasteiger partial charge is 0.464 e. The zero-order valence-electron chi connectivity index (χ0n) is 8.79. The highest BCUT2D eigenvalue weighted by Crippen LogP contribution is 2.22. The van der Waals surface area contributed by atoms with E-state index in [9.17, 15) is 4.79 Å². The van der Waals surface area contributed by atoms with Gasteiger partial charge in [0.1, 0.15) is 5.54 Å². The van der Waals surface area contributed by atoms with E-state index in [1.165, 1.54) is 0 Å². The van der Waals surface area contributed by atoms with E-state index in [2.05, 4.69) is 0 Å². The van der Waals surface area contributed by atoms with Crippen LogP contribution in [-0.4, -0.2) is 12.6 Å². The van der Waals surface area contributed by atoms with Crippen molar-refractivity contribution in [1.29, 1.82) is 0 Å². The van der Waals surface area contributed by atoms with E-state index in [0.29, 0.717) is 17.2 Å². The van der Waals surface area contributed by atoms with Crippen molar-refractivity contribution < 1.29 is 9.53 Å². The van der Waals surface area contributed by atoms with Gasteiger partial charge in [-0.25, -0.2) is 4.79 Å². The summed E-state index contributed by atoms with van der Waals surface area (Å²) in [5, 5.41) is 0.550. The van der Waals surface area contributed by atoms with Gasteiger partial charge in [0.25, 0.3) is 0 Å². The molecule has 3 nitrogen and oxygen atoms in total. The maximum Gasteiger partial charge on any atom is 0.330 e. The first-order valence-corrected chi connectivity index (χ1v) is 5.08. The first kappa shape index (κ1) is 12.0. The van der Waals surface area contributed by atoms with Gasteiger partial charge in [-0.1, -0.05) is 23.7 Å². The fourth-order valence-corrected chi connectivity index (χ4v) is 1.40. The third-order valence-corrected chi connectivity index (χ3v) is 2.36. The summed E-state index contributed by atoms with van der Waals surface area (Å²) in [5.41, 5.74) is 5.40. The van der Waals surface area contributed by atoms with Crippen LogP contribution in [0.3, 0.4) is 0 Å². The quantitative estimate of drug-likeness (QED) is 0.805. The molecule has 0 heterocycles. The van der Waals surface area contributed by atoms with Gasteiger partial charge in [0, 0.05) is 5.02 Å². The normalized spacial score (nSPS) is 14.4. The van der Waals surface area contributed by atoms with E-state index in [1.807, 2.05) is 0 Å². The molecule has 0 spiro atoms. The molecule has 0 bridgehead atoms. The Labute approximate surface area is 94.2 Å². The SMILES string of the molecule is CCOC(=O)C(C)(N)c1cccc(Cl)c1. The zero-order chi connectivity index (χ0) is 11.5. The lowest BCUT2D eigenvalue weighted by atomic mass is 9.93. The molecule has 1 aromatic carbocycles. The molecule has 0 amide bonds. The third-order valence-electron chi connectivity index (χ3n) is 2.12. The highest BCUT2D eigenvalue weighted by atomic mass is 35.5. The highest BCUT2D eigenvalue weighted by molar-refractivity contribution is 6.30. The standard InChI is InChI=1S/C11H14ClNO2/c1-3-15-10(14)11(2,13)8-5-4-6-9(12)7-8/h4-7H,3,13H2,1-2H3. The predicted octanol–water partition coefficient (Wildman–Crippen LogP) is 2.08. The summed E-state index contributed by atoms with van der Waals surface area (Å²) in [5.74, 6) is -0.452. The van der Waals surface area contributed by atoms with Crippen molar-refractivity contribution in [3.05, 3.63) is 34.9 Å². The van der Waals surface area contributed by atoms with Gasteiger partial charge in [-0.3, -0.25) is 0 Å². The molecular formula is C11H14ClNO2. The van der Waals surface area contributed by atoms with Gasteiger partial charge in [0.2, 0.25) is 0 Å². The average molecular weight is 228 g/mol. The number of benzene rings is 1.